The fraction of sp³-hybridized carbons (Fsp3) is 0.308. The van der Waals surface area contributed by atoms with Crippen molar-refractivity contribution in [2.75, 3.05) is 6.61 Å². The van der Waals surface area contributed by atoms with Crippen LogP contribution in [0, 0.1) is 0 Å². The maximum Gasteiger partial charge on any atom is 0.341 e. The molecule has 0 bridgehead atoms. The van der Waals surface area contributed by atoms with E-state index in [9.17, 15) is 4.79 Å². The van der Waals surface area contributed by atoms with Crippen molar-refractivity contribution >= 4 is 17.6 Å². The second-order valence-electron chi connectivity index (χ2n) is 3.98. The molecule has 0 aliphatic rings. The lowest BCUT2D eigenvalue weighted by Crippen LogP contribution is -2.11. The number of halogens is 1. The number of aromatic nitrogens is 3. The smallest absolute Gasteiger partial charge is 0.341 e. The molecule has 0 saturated carbocycles. The van der Waals surface area contributed by atoms with Crippen molar-refractivity contribution in [3.63, 3.8) is 0 Å². The Bertz CT molecular complexity index is 613. The van der Waals surface area contributed by atoms with E-state index in [1.807, 2.05) is 0 Å². The Morgan fingerprint density at radius 3 is 2.90 bits per heavy atom. The Hall–Kier alpha value is -2.08. The van der Waals surface area contributed by atoms with Crippen LogP contribution in [0.5, 0.6) is 5.75 Å². The number of aryl methyl sites for hydroxylation is 1. The number of carbonyl (C=O) groups is 1. The van der Waals surface area contributed by atoms with Gasteiger partial charge in [-0.3, -0.25) is 9.67 Å². The van der Waals surface area contributed by atoms with Crippen molar-refractivity contribution in [3.05, 3.63) is 40.9 Å². The zero-order chi connectivity index (χ0) is 14.5. The standard InChI is InChI=1S/C13H14ClN3O3/c1-3-19-13(18)11-7-16-17(2)12(11)8-20-10-4-9(14)5-15-6-10/h4-7H,3,8H2,1-2H3. The van der Waals surface area contributed by atoms with Crippen LogP contribution in [0.1, 0.15) is 23.0 Å². The van der Waals surface area contributed by atoms with Crippen molar-refractivity contribution < 1.29 is 14.3 Å². The van der Waals surface area contributed by atoms with Gasteiger partial charge in [-0.15, -0.1) is 0 Å². The molecule has 0 N–H and O–H groups in total. The Morgan fingerprint density at radius 2 is 2.20 bits per heavy atom. The molecular formula is C13H14ClN3O3. The minimum atomic E-state index is -0.414. The van der Waals surface area contributed by atoms with Gasteiger partial charge < -0.3 is 9.47 Å². The predicted octanol–water partition coefficient (Wildman–Crippen LogP) is 2.22. The zero-order valence-corrected chi connectivity index (χ0v) is 11.9. The molecule has 0 fully saturated rings. The van der Waals surface area contributed by atoms with Crippen LogP contribution in [0.25, 0.3) is 0 Å². The first-order valence-corrected chi connectivity index (χ1v) is 6.41. The van der Waals surface area contributed by atoms with Gasteiger partial charge in [0.25, 0.3) is 0 Å². The molecule has 2 aromatic heterocycles. The van der Waals surface area contributed by atoms with Crippen LogP contribution in [0.3, 0.4) is 0 Å². The molecule has 2 heterocycles. The topological polar surface area (TPSA) is 66.2 Å². The number of rotatable bonds is 5. The van der Waals surface area contributed by atoms with Gasteiger partial charge in [0.05, 0.1) is 29.7 Å². The van der Waals surface area contributed by atoms with Crippen LogP contribution >= 0.6 is 11.6 Å². The molecule has 20 heavy (non-hydrogen) atoms. The second-order valence-corrected chi connectivity index (χ2v) is 4.41. The van der Waals surface area contributed by atoms with Gasteiger partial charge in [-0.05, 0) is 6.92 Å². The van der Waals surface area contributed by atoms with E-state index in [-0.39, 0.29) is 6.61 Å². The maximum absolute atomic E-state index is 11.8. The van der Waals surface area contributed by atoms with E-state index in [2.05, 4.69) is 10.1 Å². The highest BCUT2D eigenvalue weighted by Gasteiger charge is 2.17. The number of nitrogens with zero attached hydrogens (tertiary/aromatic N) is 3. The van der Waals surface area contributed by atoms with Crippen molar-refractivity contribution in [3.8, 4) is 5.75 Å². The molecule has 0 spiro atoms. The first-order valence-electron chi connectivity index (χ1n) is 6.03. The Kier molecular flexibility index (Phi) is 4.57. The Balaban J connectivity index is 2.13. The molecule has 2 rings (SSSR count). The summed E-state index contributed by atoms with van der Waals surface area (Å²) in [6.45, 7) is 2.24. The summed E-state index contributed by atoms with van der Waals surface area (Å²) in [6.07, 6.45) is 4.53. The Morgan fingerprint density at radius 1 is 1.40 bits per heavy atom. The molecule has 106 valence electrons. The monoisotopic (exact) mass is 295 g/mol. The van der Waals surface area contributed by atoms with Crippen LogP contribution in [-0.2, 0) is 18.4 Å². The lowest BCUT2D eigenvalue weighted by Gasteiger charge is -2.08. The molecule has 0 aliphatic carbocycles. The number of pyridine rings is 1. The van der Waals surface area contributed by atoms with Crippen molar-refractivity contribution in [2.24, 2.45) is 7.05 Å². The van der Waals surface area contributed by atoms with Gasteiger partial charge in [0, 0.05) is 19.3 Å². The van der Waals surface area contributed by atoms with Crippen LogP contribution < -0.4 is 4.74 Å². The van der Waals surface area contributed by atoms with Gasteiger partial charge in [0.15, 0.2) is 0 Å². The highest BCUT2D eigenvalue weighted by atomic mass is 35.5. The average molecular weight is 296 g/mol. The van der Waals surface area contributed by atoms with Gasteiger partial charge >= 0.3 is 5.97 Å². The summed E-state index contributed by atoms with van der Waals surface area (Å²) in [5.41, 5.74) is 1.02. The van der Waals surface area contributed by atoms with E-state index in [4.69, 9.17) is 21.1 Å². The number of esters is 1. The predicted molar refractivity (Wildman–Crippen MR) is 72.7 cm³/mol. The number of carbonyl (C=O) groups excluding carboxylic acids is 1. The normalized spacial score (nSPS) is 10.3. The largest absolute Gasteiger partial charge is 0.486 e. The van der Waals surface area contributed by atoms with Gasteiger partial charge in [-0.25, -0.2) is 4.79 Å². The highest BCUT2D eigenvalue weighted by Crippen LogP contribution is 2.18. The lowest BCUT2D eigenvalue weighted by atomic mass is 10.2. The first-order chi connectivity index (χ1) is 9.61. The summed E-state index contributed by atoms with van der Waals surface area (Å²) in [5.74, 6) is 0.108. The maximum atomic E-state index is 11.8. The van der Waals surface area contributed by atoms with Gasteiger partial charge in [0.1, 0.15) is 17.9 Å². The van der Waals surface area contributed by atoms with Gasteiger partial charge in [0.2, 0.25) is 0 Å². The highest BCUT2D eigenvalue weighted by molar-refractivity contribution is 6.30. The Labute approximate surface area is 121 Å². The van der Waals surface area contributed by atoms with E-state index in [0.29, 0.717) is 28.6 Å². The molecule has 0 aliphatic heterocycles. The van der Waals surface area contributed by atoms with E-state index in [0.717, 1.165) is 0 Å². The molecule has 0 unspecified atom stereocenters. The van der Waals surface area contributed by atoms with Crippen molar-refractivity contribution in [1.29, 1.82) is 0 Å². The molecule has 0 saturated heterocycles. The van der Waals surface area contributed by atoms with Gasteiger partial charge in [-0.1, -0.05) is 11.6 Å². The second kappa shape index (κ2) is 6.38. The molecule has 0 amide bonds. The molecular weight excluding hydrogens is 282 g/mol. The SMILES string of the molecule is CCOC(=O)c1cnn(C)c1COc1cncc(Cl)c1. The third-order valence-corrected chi connectivity index (χ3v) is 2.82. The number of ether oxygens (including phenoxy) is 2. The lowest BCUT2D eigenvalue weighted by molar-refractivity contribution is 0.0523. The first kappa shape index (κ1) is 14.3. The summed E-state index contributed by atoms with van der Waals surface area (Å²) in [7, 11) is 1.73. The molecule has 7 heteroatoms. The average Bonchev–Trinajstić information content (AvgIpc) is 2.78. The molecule has 6 nitrogen and oxygen atoms in total. The molecule has 0 atom stereocenters. The summed E-state index contributed by atoms with van der Waals surface area (Å²) in [4.78, 5) is 15.7. The number of hydrogen-bond acceptors (Lipinski definition) is 5. The molecule has 0 aromatic carbocycles. The quantitative estimate of drug-likeness (QED) is 0.791. The number of hydrogen-bond donors (Lipinski definition) is 0. The van der Waals surface area contributed by atoms with Gasteiger partial charge in [-0.2, -0.15) is 5.10 Å². The third-order valence-electron chi connectivity index (χ3n) is 2.61. The fourth-order valence-electron chi connectivity index (χ4n) is 1.64. The minimum absolute atomic E-state index is 0.173. The van der Waals surface area contributed by atoms with E-state index in [1.54, 1.807) is 30.9 Å². The molecule has 2 aromatic rings. The third kappa shape index (κ3) is 3.27. The van der Waals surface area contributed by atoms with Crippen LogP contribution in [0.15, 0.2) is 24.7 Å². The minimum Gasteiger partial charge on any atom is -0.486 e. The van der Waals surface area contributed by atoms with Crippen LogP contribution in [0.4, 0.5) is 0 Å². The summed E-state index contributed by atoms with van der Waals surface area (Å²) < 4.78 is 12.1. The van der Waals surface area contributed by atoms with Crippen LogP contribution in [0.2, 0.25) is 5.02 Å². The van der Waals surface area contributed by atoms with E-state index < -0.39 is 5.97 Å². The fourth-order valence-corrected chi connectivity index (χ4v) is 1.80. The van der Waals surface area contributed by atoms with Crippen molar-refractivity contribution in [2.45, 2.75) is 13.5 Å². The summed E-state index contributed by atoms with van der Waals surface area (Å²) in [6, 6.07) is 1.65. The zero-order valence-electron chi connectivity index (χ0n) is 11.2. The summed E-state index contributed by atoms with van der Waals surface area (Å²) in [5, 5.41) is 4.53. The van der Waals surface area contributed by atoms with E-state index >= 15 is 0 Å². The van der Waals surface area contributed by atoms with Crippen LogP contribution in [-0.4, -0.2) is 27.3 Å². The molecule has 0 radical (unpaired) electrons. The van der Waals surface area contributed by atoms with E-state index in [1.165, 1.54) is 12.4 Å². The van der Waals surface area contributed by atoms with Crippen molar-refractivity contribution in [1.82, 2.24) is 14.8 Å². The summed E-state index contributed by atoms with van der Waals surface area (Å²) >= 11 is 5.83.